The molecule has 2 aromatic carbocycles. The molecular weight excluding hydrogens is 360 g/mol. The molecule has 7 nitrogen and oxygen atoms in total. The van der Waals surface area contributed by atoms with Crippen LogP contribution in [0.15, 0.2) is 48.0 Å². The zero-order chi connectivity index (χ0) is 20.1. The van der Waals surface area contributed by atoms with Gasteiger partial charge in [0, 0.05) is 0 Å². The zero-order valence-electron chi connectivity index (χ0n) is 15.6. The van der Waals surface area contributed by atoms with Crippen LogP contribution in [0.25, 0.3) is 6.08 Å². The number of carbonyl (C=O) groups excluding carboxylic acids is 3. The molecule has 7 heteroatoms. The Morgan fingerprint density at radius 2 is 1.32 bits per heavy atom. The van der Waals surface area contributed by atoms with E-state index in [-0.39, 0.29) is 5.57 Å². The van der Waals surface area contributed by atoms with Crippen LogP contribution in [-0.4, -0.2) is 31.1 Å². The number of carbonyl (C=O) groups is 3. The molecule has 1 heterocycles. The number of benzene rings is 2. The molecule has 28 heavy (non-hydrogen) atoms. The van der Waals surface area contributed by atoms with E-state index in [2.05, 4.69) is 6.07 Å². The van der Waals surface area contributed by atoms with E-state index in [1.54, 1.807) is 24.3 Å². The number of aryl methyl sites for hydroxylation is 2. The van der Waals surface area contributed by atoms with Crippen LogP contribution in [0.3, 0.4) is 0 Å². The summed E-state index contributed by atoms with van der Waals surface area (Å²) in [4.78, 5) is 34.5. The van der Waals surface area contributed by atoms with Crippen molar-refractivity contribution in [2.45, 2.75) is 13.8 Å². The Labute approximate surface area is 162 Å². The number of rotatable bonds is 6. The van der Waals surface area contributed by atoms with Gasteiger partial charge in [-0.25, -0.2) is 4.79 Å². The first kappa shape index (κ1) is 19.2. The van der Waals surface area contributed by atoms with Gasteiger partial charge in [-0.05, 0) is 60.9 Å². The van der Waals surface area contributed by atoms with Crippen LogP contribution in [0, 0.1) is 13.8 Å². The molecule has 1 aliphatic heterocycles. The average molecular weight is 380 g/mol. The summed E-state index contributed by atoms with van der Waals surface area (Å²) >= 11 is 0. The third-order valence-corrected chi connectivity index (χ3v) is 3.95. The molecule has 2 aromatic rings. The van der Waals surface area contributed by atoms with Crippen LogP contribution in [-0.2, 0) is 9.59 Å². The molecule has 0 bridgehead atoms. The zero-order valence-corrected chi connectivity index (χ0v) is 15.6. The minimum absolute atomic E-state index is 0.130. The lowest BCUT2D eigenvalue weighted by molar-refractivity contribution is -0.123. The average Bonchev–Trinajstić information content (AvgIpc) is 2.62. The van der Waals surface area contributed by atoms with Gasteiger partial charge in [0.2, 0.25) is 0 Å². The molecule has 4 amide bonds. The molecular formula is C21H20N2O5. The monoisotopic (exact) mass is 380 g/mol. The van der Waals surface area contributed by atoms with E-state index < -0.39 is 17.8 Å². The van der Waals surface area contributed by atoms with Gasteiger partial charge in [-0.15, -0.1) is 0 Å². The first-order valence-electron chi connectivity index (χ1n) is 8.73. The quantitative estimate of drug-likeness (QED) is 0.456. The number of imide groups is 2. The van der Waals surface area contributed by atoms with Gasteiger partial charge in [-0.3, -0.25) is 20.2 Å². The third-order valence-electron chi connectivity index (χ3n) is 3.95. The smallest absolute Gasteiger partial charge is 0.328 e. The van der Waals surface area contributed by atoms with Gasteiger partial charge < -0.3 is 9.47 Å². The summed E-state index contributed by atoms with van der Waals surface area (Å²) in [7, 11) is 0. The highest BCUT2D eigenvalue weighted by Gasteiger charge is 2.27. The molecule has 1 saturated heterocycles. The number of barbiturate groups is 1. The molecule has 1 fully saturated rings. The topological polar surface area (TPSA) is 93.7 Å². The minimum atomic E-state index is -0.820. The molecule has 144 valence electrons. The van der Waals surface area contributed by atoms with Crippen molar-refractivity contribution in [1.82, 2.24) is 10.6 Å². The Kier molecular flexibility index (Phi) is 5.74. The lowest BCUT2D eigenvalue weighted by Crippen LogP contribution is -2.51. The fourth-order valence-electron chi connectivity index (χ4n) is 2.77. The highest BCUT2D eigenvalue weighted by molar-refractivity contribution is 6.31. The maximum absolute atomic E-state index is 11.7. The van der Waals surface area contributed by atoms with Crippen LogP contribution in [0.1, 0.15) is 16.7 Å². The van der Waals surface area contributed by atoms with Gasteiger partial charge in [0.05, 0.1) is 0 Å². The predicted molar refractivity (Wildman–Crippen MR) is 103 cm³/mol. The van der Waals surface area contributed by atoms with Crippen LogP contribution in [0.4, 0.5) is 4.79 Å². The van der Waals surface area contributed by atoms with Crippen LogP contribution < -0.4 is 20.1 Å². The second kappa shape index (κ2) is 8.39. The second-order valence-electron chi connectivity index (χ2n) is 6.38. The van der Waals surface area contributed by atoms with E-state index >= 15 is 0 Å². The molecule has 3 rings (SSSR count). The maximum Gasteiger partial charge on any atom is 0.328 e. The van der Waals surface area contributed by atoms with Crippen molar-refractivity contribution < 1.29 is 23.9 Å². The molecule has 1 aliphatic rings. The summed E-state index contributed by atoms with van der Waals surface area (Å²) in [6.45, 7) is 4.82. The van der Waals surface area contributed by atoms with Crippen molar-refractivity contribution in [3.63, 3.8) is 0 Å². The summed E-state index contributed by atoms with van der Waals surface area (Å²) in [5.41, 5.74) is 2.79. The Bertz CT molecular complexity index is 906. The summed E-state index contributed by atoms with van der Waals surface area (Å²) in [6.07, 6.45) is 1.41. The van der Waals surface area contributed by atoms with E-state index in [1.807, 2.05) is 36.6 Å². The van der Waals surface area contributed by atoms with Gasteiger partial charge in [-0.2, -0.15) is 0 Å². The Hall–Kier alpha value is -3.61. The predicted octanol–water partition coefficient (Wildman–Crippen LogP) is 2.51. The fourth-order valence-corrected chi connectivity index (χ4v) is 2.77. The molecule has 0 unspecified atom stereocenters. The Morgan fingerprint density at radius 3 is 1.89 bits per heavy atom. The van der Waals surface area contributed by atoms with E-state index in [0.717, 1.165) is 16.9 Å². The molecule has 0 aliphatic carbocycles. The maximum atomic E-state index is 11.7. The molecule has 0 radical (unpaired) electrons. The lowest BCUT2D eigenvalue weighted by Gasteiger charge is -2.14. The van der Waals surface area contributed by atoms with Crippen molar-refractivity contribution in [3.05, 3.63) is 64.7 Å². The van der Waals surface area contributed by atoms with Crippen LogP contribution in [0.2, 0.25) is 0 Å². The first-order chi connectivity index (χ1) is 13.4. The number of amides is 4. The van der Waals surface area contributed by atoms with Crippen LogP contribution >= 0.6 is 0 Å². The number of urea groups is 1. The molecule has 2 N–H and O–H groups in total. The summed E-state index contributed by atoms with van der Waals surface area (Å²) < 4.78 is 11.3. The van der Waals surface area contributed by atoms with Crippen molar-refractivity contribution in [1.29, 1.82) is 0 Å². The van der Waals surface area contributed by atoms with Gasteiger partial charge in [0.1, 0.15) is 30.3 Å². The third kappa shape index (κ3) is 4.97. The lowest BCUT2D eigenvalue weighted by atomic mass is 10.1. The first-order valence-corrected chi connectivity index (χ1v) is 8.73. The van der Waals surface area contributed by atoms with E-state index in [1.165, 1.54) is 6.08 Å². The van der Waals surface area contributed by atoms with Crippen molar-refractivity contribution in [3.8, 4) is 11.5 Å². The Balaban J connectivity index is 1.53. The molecule has 0 spiro atoms. The Morgan fingerprint density at radius 1 is 0.786 bits per heavy atom. The van der Waals surface area contributed by atoms with Gasteiger partial charge in [0.15, 0.2) is 0 Å². The van der Waals surface area contributed by atoms with Crippen molar-refractivity contribution in [2.24, 2.45) is 0 Å². The van der Waals surface area contributed by atoms with Gasteiger partial charge in [0.25, 0.3) is 11.8 Å². The highest BCUT2D eigenvalue weighted by atomic mass is 16.5. The van der Waals surface area contributed by atoms with E-state index in [4.69, 9.17) is 9.47 Å². The SMILES string of the molecule is Cc1cc(C)cc(OCCOc2ccc(C=C3C(=O)NC(=O)NC3=O)cc2)c1. The molecule has 0 aromatic heterocycles. The fraction of sp³-hybridized carbons (Fsp3) is 0.190. The highest BCUT2D eigenvalue weighted by Crippen LogP contribution is 2.17. The normalized spacial score (nSPS) is 13.6. The van der Waals surface area contributed by atoms with Gasteiger partial charge in [-0.1, -0.05) is 18.2 Å². The number of hydrogen-bond donors (Lipinski definition) is 2. The number of hydrogen-bond acceptors (Lipinski definition) is 5. The van der Waals surface area contributed by atoms with Crippen molar-refractivity contribution in [2.75, 3.05) is 13.2 Å². The molecule has 0 saturated carbocycles. The number of nitrogens with one attached hydrogen (secondary N) is 2. The summed E-state index contributed by atoms with van der Waals surface area (Å²) in [6, 6.07) is 12.1. The van der Waals surface area contributed by atoms with Crippen molar-refractivity contribution >= 4 is 23.9 Å². The van der Waals surface area contributed by atoms with E-state index in [9.17, 15) is 14.4 Å². The number of ether oxygens (including phenoxy) is 2. The molecule has 0 atom stereocenters. The second-order valence-corrected chi connectivity index (χ2v) is 6.38. The largest absolute Gasteiger partial charge is 0.490 e. The van der Waals surface area contributed by atoms with Gasteiger partial charge >= 0.3 is 6.03 Å². The van der Waals surface area contributed by atoms with E-state index in [0.29, 0.717) is 24.5 Å². The standard InChI is InChI=1S/C21H20N2O5/c1-13-9-14(2)11-17(10-13)28-8-7-27-16-5-3-15(4-6-16)12-18-19(24)22-21(26)23-20(18)25/h3-6,9-12H,7-8H2,1-2H3,(H2,22,23,24,25,26). The summed E-state index contributed by atoms with van der Waals surface area (Å²) in [5, 5.41) is 4.06. The minimum Gasteiger partial charge on any atom is -0.490 e. The van der Waals surface area contributed by atoms with Crippen LogP contribution in [0.5, 0.6) is 11.5 Å². The summed E-state index contributed by atoms with van der Waals surface area (Å²) in [5.74, 6) is -0.000270.